The van der Waals surface area contributed by atoms with E-state index in [1.807, 2.05) is 53.4 Å². The number of aromatic nitrogens is 1. The first-order valence-corrected chi connectivity index (χ1v) is 9.61. The number of amides is 2. The number of piperazine rings is 1. The molecule has 1 aromatic heterocycles. The number of hydrogen-bond acceptors (Lipinski definition) is 3. The Labute approximate surface area is 167 Å². The van der Waals surface area contributed by atoms with Crippen LogP contribution in [0.2, 0.25) is 0 Å². The van der Waals surface area contributed by atoms with Crippen molar-refractivity contribution in [2.75, 3.05) is 29.9 Å². The highest BCUT2D eigenvalue weighted by Crippen LogP contribution is 2.26. The predicted octanol–water partition coefficient (Wildman–Crippen LogP) is 3.51. The van der Waals surface area contributed by atoms with Crippen LogP contribution in [0.3, 0.4) is 0 Å². The molecule has 29 heavy (non-hydrogen) atoms. The highest BCUT2D eigenvalue weighted by atomic mass is 16.2. The number of fused-ring (bicyclic) bond motifs is 3. The lowest BCUT2D eigenvalue weighted by Gasteiger charge is -2.28. The van der Waals surface area contributed by atoms with Crippen molar-refractivity contribution >= 4 is 44.9 Å². The Morgan fingerprint density at radius 1 is 0.966 bits per heavy atom. The number of nitrogens with one attached hydrogen (secondary N) is 3. The highest BCUT2D eigenvalue weighted by molar-refractivity contribution is 6.12. The smallest absolute Gasteiger partial charge is 0.272 e. The van der Waals surface area contributed by atoms with E-state index in [1.54, 1.807) is 0 Å². The van der Waals surface area contributed by atoms with Gasteiger partial charge in [-0.15, -0.1) is 0 Å². The Balaban J connectivity index is 1.36. The Hall–Kier alpha value is -3.80. The number of rotatable bonds is 3. The van der Waals surface area contributed by atoms with Gasteiger partial charge < -0.3 is 20.5 Å². The standard InChI is InChI=1S/C23H20N4O2/c28-22-14-27(12-11-24-22)17-8-6-16(7-9-17)25-23(29)21-13-19-18-4-2-1-3-15(18)5-10-20(19)26-21/h1-10,13,26H,11-12,14H2,(H,24,28)(H,25,29). The zero-order valence-corrected chi connectivity index (χ0v) is 15.7. The van der Waals surface area contributed by atoms with Gasteiger partial charge in [-0.1, -0.05) is 30.3 Å². The molecule has 0 saturated carbocycles. The van der Waals surface area contributed by atoms with E-state index in [0.717, 1.165) is 33.9 Å². The van der Waals surface area contributed by atoms with Gasteiger partial charge in [0.05, 0.1) is 6.54 Å². The molecule has 2 amide bonds. The molecule has 0 spiro atoms. The fourth-order valence-corrected chi connectivity index (χ4v) is 3.82. The molecular formula is C23H20N4O2. The third kappa shape index (κ3) is 3.29. The van der Waals surface area contributed by atoms with Gasteiger partial charge in [0.1, 0.15) is 5.69 Å². The normalized spacial score (nSPS) is 14.2. The van der Waals surface area contributed by atoms with Crippen LogP contribution >= 0.6 is 0 Å². The monoisotopic (exact) mass is 384 g/mol. The number of carbonyl (C=O) groups excluding carboxylic acids is 2. The van der Waals surface area contributed by atoms with Crippen LogP contribution in [0.15, 0.2) is 66.7 Å². The van der Waals surface area contributed by atoms with Crippen molar-refractivity contribution in [3.63, 3.8) is 0 Å². The van der Waals surface area contributed by atoms with Crippen molar-refractivity contribution in [1.29, 1.82) is 0 Å². The molecule has 3 aromatic carbocycles. The molecule has 0 bridgehead atoms. The summed E-state index contributed by atoms with van der Waals surface area (Å²) in [6.07, 6.45) is 0. The quantitative estimate of drug-likeness (QED) is 0.506. The number of carbonyl (C=O) groups is 2. The number of aromatic amines is 1. The molecule has 4 aromatic rings. The number of H-pyrrole nitrogens is 1. The molecule has 6 heteroatoms. The van der Waals surface area contributed by atoms with E-state index in [-0.39, 0.29) is 11.8 Å². The van der Waals surface area contributed by atoms with Crippen molar-refractivity contribution in [2.45, 2.75) is 0 Å². The average Bonchev–Trinajstić information content (AvgIpc) is 3.19. The van der Waals surface area contributed by atoms with E-state index in [0.29, 0.717) is 24.5 Å². The highest BCUT2D eigenvalue weighted by Gasteiger charge is 2.17. The molecule has 3 N–H and O–H groups in total. The van der Waals surface area contributed by atoms with Crippen molar-refractivity contribution < 1.29 is 9.59 Å². The molecule has 2 heterocycles. The predicted molar refractivity (Wildman–Crippen MR) is 115 cm³/mol. The second-order valence-corrected chi connectivity index (χ2v) is 7.20. The molecule has 1 saturated heterocycles. The molecule has 1 fully saturated rings. The van der Waals surface area contributed by atoms with Gasteiger partial charge in [-0.25, -0.2) is 0 Å². The maximum Gasteiger partial charge on any atom is 0.272 e. The van der Waals surface area contributed by atoms with Crippen LogP contribution in [0.4, 0.5) is 11.4 Å². The lowest BCUT2D eigenvalue weighted by molar-refractivity contribution is -0.120. The van der Waals surface area contributed by atoms with Crippen LogP contribution < -0.4 is 15.5 Å². The van der Waals surface area contributed by atoms with E-state index in [4.69, 9.17) is 0 Å². The van der Waals surface area contributed by atoms with E-state index in [2.05, 4.69) is 33.8 Å². The topological polar surface area (TPSA) is 77.2 Å². The third-order valence-corrected chi connectivity index (χ3v) is 5.30. The molecule has 1 aliphatic heterocycles. The second kappa shape index (κ2) is 6.98. The summed E-state index contributed by atoms with van der Waals surface area (Å²) in [6.45, 7) is 1.78. The second-order valence-electron chi connectivity index (χ2n) is 7.20. The minimum atomic E-state index is -0.185. The van der Waals surface area contributed by atoms with Crippen LogP contribution in [-0.4, -0.2) is 36.4 Å². The zero-order chi connectivity index (χ0) is 19.8. The maximum absolute atomic E-state index is 12.7. The summed E-state index contributed by atoms with van der Waals surface area (Å²) in [4.78, 5) is 29.5. The van der Waals surface area contributed by atoms with Crippen molar-refractivity contribution in [3.8, 4) is 0 Å². The number of benzene rings is 3. The summed E-state index contributed by atoms with van der Waals surface area (Å²) < 4.78 is 0. The Bertz CT molecular complexity index is 1230. The van der Waals surface area contributed by atoms with Gasteiger partial charge in [0.25, 0.3) is 5.91 Å². The molecule has 144 valence electrons. The molecule has 0 atom stereocenters. The van der Waals surface area contributed by atoms with Crippen LogP contribution in [-0.2, 0) is 4.79 Å². The fraction of sp³-hybridized carbons (Fsp3) is 0.130. The van der Waals surface area contributed by atoms with Crippen LogP contribution in [0.1, 0.15) is 10.5 Å². The SMILES string of the molecule is O=C1CN(c2ccc(NC(=O)c3cc4c(ccc5ccccc54)[nH]3)cc2)CCN1. The van der Waals surface area contributed by atoms with Crippen LogP contribution in [0.5, 0.6) is 0 Å². The molecule has 5 rings (SSSR count). The van der Waals surface area contributed by atoms with Crippen molar-refractivity contribution in [3.05, 3.63) is 72.4 Å². The Morgan fingerprint density at radius 2 is 1.79 bits per heavy atom. The van der Waals surface area contributed by atoms with Gasteiger partial charge >= 0.3 is 0 Å². The minimum Gasteiger partial charge on any atom is -0.360 e. The maximum atomic E-state index is 12.7. The number of hydrogen-bond donors (Lipinski definition) is 3. The van der Waals surface area contributed by atoms with Crippen molar-refractivity contribution in [2.24, 2.45) is 0 Å². The van der Waals surface area contributed by atoms with E-state index in [1.165, 1.54) is 0 Å². The van der Waals surface area contributed by atoms with E-state index in [9.17, 15) is 9.59 Å². The Morgan fingerprint density at radius 3 is 2.62 bits per heavy atom. The Kier molecular flexibility index (Phi) is 4.17. The van der Waals surface area contributed by atoms with Gasteiger partial charge in [0.15, 0.2) is 0 Å². The van der Waals surface area contributed by atoms with Crippen LogP contribution in [0.25, 0.3) is 21.7 Å². The van der Waals surface area contributed by atoms with Gasteiger partial charge in [-0.05, 0) is 47.2 Å². The molecule has 6 nitrogen and oxygen atoms in total. The third-order valence-electron chi connectivity index (χ3n) is 5.30. The summed E-state index contributed by atoms with van der Waals surface area (Å²) in [5.41, 5.74) is 3.14. The van der Waals surface area contributed by atoms with Crippen LogP contribution in [0, 0.1) is 0 Å². The summed E-state index contributed by atoms with van der Waals surface area (Å²) in [5, 5.41) is 9.06. The first-order valence-electron chi connectivity index (χ1n) is 9.61. The first kappa shape index (κ1) is 17.3. The lowest BCUT2D eigenvalue weighted by Crippen LogP contribution is -2.47. The fourth-order valence-electron chi connectivity index (χ4n) is 3.82. The molecule has 0 aliphatic carbocycles. The zero-order valence-electron chi connectivity index (χ0n) is 15.7. The first-order chi connectivity index (χ1) is 14.2. The van der Waals surface area contributed by atoms with E-state index >= 15 is 0 Å². The molecule has 1 aliphatic rings. The summed E-state index contributed by atoms with van der Waals surface area (Å²) in [7, 11) is 0. The minimum absolute atomic E-state index is 0.0277. The number of anilines is 2. The van der Waals surface area contributed by atoms with E-state index < -0.39 is 0 Å². The van der Waals surface area contributed by atoms with Crippen molar-refractivity contribution in [1.82, 2.24) is 10.3 Å². The summed E-state index contributed by atoms with van der Waals surface area (Å²) >= 11 is 0. The molecule has 0 radical (unpaired) electrons. The summed E-state index contributed by atoms with van der Waals surface area (Å²) in [6, 6.07) is 21.6. The lowest BCUT2D eigenvalue weighted by atomic mass is 10.1. The summed E-state index contributed by atoms with van der Waals surface area (Å²) in [5.74, 6) is -0.157. The molecule has 0 unspecified atom stereocenters. The molecular weight excluding hydrogens is 364 g/mol. The van der Waals surface area contributed by atoms with Gasteiger partial charge in [-0.2, -0.15) is 0 Å². The number of nitrogens with zero attached hydrogens (tertiary/aromatic N) is 1. The van der Waals surface area contributed by atoms with Gasteiger partial charge in [-0.3, -0.25) is 9.59 Å². The average molecular weight is 384 g/mol. The van der Waals surface area contributed by atoms with Gasteiger partial charge in [0, 0.05) is 35.4 Å². The largest absolute Gasteiger partial charge is 0.360 e. The van der Waals surface area contributed by atoms with Gasteiger partial charge in [0.2, 0.25) is 5.91 Å².